The molecule has 4 aromatic carbocycles. The van der Waals surface area contributed by atoms with E-state index in [0.29, 0.717) is 22.4 Å². The minimum atomic E-state index is -1.60. The van der Waals surface area contributed by atoms with Gasteiger partial charge in [0.2, 0.25) is 1.43 Å². The molecule has 4 aromatic rings. The highest BCUT2D eigenvalue weighted by Gasteiger charge is 2.54. The number of nitrogens with one attached hydrogen (secondary N) is 1. The number of rotatable bonds is 19. The van der Waals surface area contributed by atoms with Crippen LogP contribution in [-0.4, -0.2) is 87.2 Å². The van der Waals surface area contributed by atoms with Crippen molar-refractivity contribution in [3.63, 3.8) is 0 Å². The third-order valence-electron chi connectivity index (χ3n) is 10.7. The van der Waals surface area contributed by atoms with E-state index in [1.807, 2.05) is 12.1 Å². The molecule has 2 aliphatic heterocycles. The number of aryl methyl sites for hydroxylation is 1. The zero-order valence-electron chi connectivity index (χ0n) is 43.9. The van der Waals surface area contributed by atoms with Crippen molar-refractivity contribution in [1.82, 2.24) is 9.99 Å². The number of aliphatic hydroxyl groups is 1. The zero-order valence-corrected chi connectivity index (χ0v) is 42.8. The molecule has 0 saturated heterocycles. The number of benzene rings is 4. The number of nitriles is 1. The van der Waals surface area contributed by atoms with Gasteiger partial charge in [0.05, 0.1) is 55.3 Å². The number of amides is 1. The van der Waals surface area contributed by atoms with Crippen molar-refractivity contribution < 1.29 is 63.1 Å². The summed E-state index contributed by atoms with van der Waals surface area (Å²) >= 11 is 0. The Balaban J connectivity index is 0.00000313. The molecule has 17 heteroatoms. The van der Waals surface area contributed by atoms with Crippen molar-refractivity contribution in [2.75, 3.05) is 40.1 Å². The molecule has 2 heterocycles. The molecule has 376 valence electrons. The topological polar surface area (TPSA) is 201 Å². The van der Waals surface area contributed by atoms with E-state index in [-0.39, 0.29) is 99.1 Å². The van der Waals surface area contributed by atoms with Gasteiger partial charge in [-0.2, -0.15) is 5.26 Å². The average Bonchev–Trinajstić information content (AvgIpc) is 3.60. The number of esters is 3. The summed E-state index contributed by atoms with van der Waals surface area (Å²) < 4.78 is 64.1. The number of hydrogen-bond acceptors (Lipinski definition) is 15. The Hall–Kier alpha value is -5.92. The van der Waals surface area contributed by atoms with E-state index in [2.05, 4.69) is 48.9 Å². The van der Waals surface area contributed by atoms with Crippen LogP contribution in [0.5, 0.6) is 28.7 Å². The minimum absolute atomic E-state index is 0.0517. The molecule has 2 N–H and O–H groups in total. The maximum atomic E-state index is 13.7. The summed E-state index contributed by atoms with van der Waals surface area (Å²) in [6, 6.07) is 22.3. The van der Waals surface area contributed by atoms with Crippen molar-refractivity contribution in [2.24, 2.45) is 10.8 Å². The fourth-order valence-electron chi connectivity index (χ4n) is 7.47. The predicted octanol–water partition coefficient (Wildman–Crippen LogP) is 9.69. The van der Waals surface area contributed by atoms with Gasteiger partial charge in [0, 0.05) is 61.5 Å². The molecule has 0 fully saturated rings. The molecule has 16 nitrogen and oxygen atoms in total. The van der Waals surface area contributed by atoms with E-state index in [9.17, 15) is 19.2 Å². The first-order chi connectivity index (χ1) is 34.1. The first-order valence-corrected chi connectivity index (χ1v) is 24.1. The summed E-state index contributed by atoms with van der Waals surface area (Å²) in [6.07, 6.45) is 0.259. The second-order valence-electron chi connectivity index (χ2n) is 19.1. The Morgan fingerprint density at radius 2 is 1.44 bits per heavy atom. The van der Waals surface area contributed by atoms with Gasteiger partial charge in [-0.1, -0.05) is 6.07 Å². The van der Waals surface area contributed by atoms with E-state index in [1.54, 1.807) is 90.1 Å². The van der Waals surface area contributed by atoms with Crippen LogP contribution in [0.3, 0.4) is 0 Å². The molecule has 2 aliphatic rings. The molecule has 1 unspecified atom stereocenters. The smallest absolute Gasteiger partial charge is 0.340 e. The molecule has 0 radical (unpaired) electrons. The van der Waals surface area contributed by atoms with Gasteiger partial charge >= 0.3 is 17.9 Å². The van der Waals surface area contributed by atoms with Crippen molar-refractivity contribution in [3.05, 3.63) is 112 Å². The van der Waals surface area contributed by atoms with Crippen LogP contribution < -0.4 is 24.3 Å². The van der Waals surface area contributed by atoms with E-state index in [0.717, 1.165) is 11.1 Å². The monoisotopic (exact) mass is 986 g/mol. The fourth-order valence-corrected chi connectivity index (χ4v) is 9.07. The number of carbonyl (C=O) groups is 4. The third kappa shape index (κ3) is 13.3. The molecule has 6 rings (SSSR count). The third-order valence-corrected chi connectivity index (χ3v) is 12.8. The first kappa shape index (κ1) is 51.9. The van der Waals surface area contributed by atoms with E-state index in [4.69, 9.17) is 45.5 Å². The highest BCUT2D eigenvalue weighted by Crippen LogP contribution is 2.57. The normalized spacial score (nSPS) is 14.2. The summed E-state index contributed by atoms with van der Waals surface area (Å²) in [5.41, 5.74) is 0.130. The quantitative estimate of drug-likeness (QED) is 0.0389. The highest BCUT2D eigenvalue weighted by molar-refractivity contribution is 7.44. The molecule has 1 amide bonds. The Morgan fingerprint density at radius 1 is 0.829 bits per heavy atom. The van der Waals surface area contributed by atoms with Gasteiger partial charge in [-0.3, -0.25) is 14.4 Å². The Bertz CT molecular complexity index is 2520. The zero-order chi connectivity index (χ0) is 53.0. The van der Waals surface area contributed by atoms with E-state index >= 15 is 0 Å². The minimum Gasteiger partial charge on any atom is -0.491 e. The van der Waals surface area contributed by atoms with Crippen LogP contribution in [0.15, 0.2) is 72.8 Å². The van der Waals surface area contributed by atoms with Gasteiger partial charge in [-0.25, -0.2) is 9.46 Å². The van der Waals surface area contributed by atoms with Gasteiger partial charge in [0.25, 0.3) is 14.4 Å². The van der Waals surface area contributed by atoms with Crippen LogP contribution in [0.4, 0.5) is 0 Å². The number of carbonyl (C=O) groups excluding carboxylic acids is 4. The standard InChI is InChI=1S/C52H62N3O12P.CH4O/c1-32(2)55(33(3)4)68(62-21-12-19-53)63-31-35-25-34(5)26-39(27-35)61-24-23-60-22-20-54-46(56)36-13-16-40-43(28-36)52(67-47(40)57)41-17-14-37(64-48(58)50(6,7)8)29-44(41)66-45-30-38(15-18-42(45)52)65-49(59)51(9,10)11;1-2/h13-18,25-30,32-33H,12,20-24,31H2,1-11H3,(H,54,56);2H,1H3/i5D;2T. The lowest BCUT2D eigenvalue weighted by molar-refractivity contribution is -0.143. The lowest BCUT2D eigenvalue weighted by atomic mass is 9.77. The number of fused-ring (bicyclic) bond motifs is 6. The van der Waals surface area contributed by atoms with Crippen LogP contribution in [-0.2, 0) is 40.3 Å². The Kier molecular flexibility index (Phi) is 17.6. The van der Waals surface area contributed by atoms with Crippen LogP contribution in [0.1, 0.15) is 126 Å². The Labute approximate surface area is 415 Å². The van der Waals surface area contributed by atoms with E-state index < -0.39 is 48.8 Å². The van der Waals surface area contributed by atoms with Crippen LogP contribution in [0.2, 0.25) is 0 Å². The second kappa shape index (κ2) is 23.8. The van der Waals surface area contributed by atoms with Crippen molar-refractivity contribution in [1.29, 1.82) is 6.69 Å². The number of aliphatic hydroxyl groups excluding tert-OH is 1. The molecule has 0 bridgehead atoms. The first-order valence-electron chi connectivity index (χ1n) is 24.1. The Morgan fingerprint density at radius 3 is 2.00 bits per heavy atom. The van der Waals surface area contributed by atoms with Gasteiger partial charge in [0.15, 0.2) is 5.60 Å². The SMILES string of the molecule is [2H]Cc1cc(COP(OCCC#N)N(C(C)C)C(C)C)cc(OCCOCCNC(=O)c2ccc3c(c2)C2(OC3=O)c3ccc(OC(=O)C(C)(C)C)cc3Oc3cc(OC(=O)C(C)(C)C)ccc32)c1.[3H]OC. The predicted molar refractivity (Wildman–Crippen MR) is 263 cm³/mol. The summed E-state index contributed by atoms with van der Waals surface area (Å²) in [5.74, 6) is -0.562. The van der Waals surface area contributed by atoms with Crippen LogP contribution >= 0.6 is 8.53 Å². The molecule has 0 saturated carbocycles. The maximum absolute atomic E-state index is 13.7. The van der Waals surface area contributed by atoms with Crippen molar-refractivity contribution >= 4 is 32.3 Å². The summed E-state index contributed by atoms with van der Waals surface area (Å²) in [6.45, 7) is 20.0. The van der Waals surface area contributed by atoms with Gasteiger partial charge in [-0.15, -0.1) is 0 Å². The average molecular weight is 987 g/mol. The highest BCUT2D eigenvalue weighted by atomic mass is 31.2. The molecule has 1 spiro atoms. The van der Waals surface area contributed by atoms with Gasteiger partial charge < -0.3 is 47.9 Å². The maximum Gasteiger partial charge on any atom is 0.340 e. The summed E-state index contributed by atoms with van der Waals surface area (Å²) in [4.78, 5) is 53.1. The lowest BCUT2D eigenvalue weighted by Crippen LogP contribution is -2.34. The molecular weight excluding hydrogens is 918 g/mol. The number of hydrogen-bond donors (Lipinski definition) is 2. The molecule has 0 aliphatic carbocycles. The van der Waals surface area contributed by atoms with Gasteiger partial charge in [-0.05, 0) is 142 Å². The second-order valence-corrected chi connectivity index (χ2v) is 20.5. The van der Waals surface area contributed by atoms with Crippen LogP contribution in [0.25, 0.3) is 0 Å². The molecule has 0 aromatic heterocycles. The fraction of sp³-hybridized carbons (Fsp3) is 0.453. The summed E-state index contributed by atoms with van der Waals surface area (Å²) in [5, 5.41) is 15.4. The largest absolute Gasteiger partial charge is 0.491 e. The summed E-state index contributed by atoms with van der Waals surface area (Å²) in [7, 11) is -0.153. The molecule has 1 atom stereocenters. The van der Waals surface area contributed by atoms with E-state index in [1.165, 1.54) is 19.2 Å². The lowest BCUT2D eigenvalue weighted by Gasteiger charge is -2.37. The number of nitrogens with zero attached hydrogens (tertiary/aromatic N) is 2. The van der Waals surface area contributed by atoms with Crippen molar-refractivity contribution in [3.8, 4) is 34.8 Å². The van der Waals surface area contributed by atoms with Crippen molar-refractivity contribution in [2.45, 2.75) is 107 Å². The number of ether oxygens (including phenoxy) is 6. The molecular formula is C53H66N3O13P. The molecule has 70 heavy (non-hydrogen) atoms. The van der Waals surface area contributed by atoms with Crippen LogP contribution in [0, 0.1) is 29.1 Å². The van der Waals surface area contributed by atoms with Gasteiger partial charge in [0.1, 0.15) is 35.4 Å².